The summed E-state index contributed by atoms with van der Waals surface area (Å²) < 4.78 is 0. The Hall–Kier alpha value is -4.28. The third kappa shape index (κ3) is 3.49. The number of hydrogen-bond donors (Lipinski definition) is 0. The molecule has 0 amide bonds. The van der Waals surface area contributed by atoms with Gasteiger partial charge in [0.25, 0.3) is 0 Å². The maximum absolute atomic E-state index is 8.89. The molecule has 130 valence electrons. The zero-order chi connectivity index (χ0) is 19.3. The Morgan fingerprint density at radius 2 is 0.821 bits per heavy atom. The summed E-state index contributed by atoms with van der Waals surface area (Å²) in [5, 5.41) is 17.8. The summed E-state index contributed by atoms with van der Waals surface area (Å²) in [4.78, 5) is 9.08. The van der Waals surface area contributed by atoms with E-state index in [0.29, 0.717) is 11.1 Å². The number of nitrogens with zero attached hydrogens (tertiary/aromatic N) is 4. The van der Waals surface area contributed by atoms with Crippen LogP contribution in [0.3, 0.4) is 0 Å². The van der Waals surface area contributed by atoms with Gasteiger partial charge < -0.3 is 0 Å². The second-order valence-corrected chi connectivity index (χ2v) is 6.24. The average molecular weight is 358 g/mol. The standard InChI is InChI=1S/C24H14N4/c25-13-17-1-5-19(6-2-17)23-11-9-21(15-27-23)22-10-12-24(28-16-22)20-7-3-18(14-26)4-8-20/h1-12,15-16H. The number of hydrogen-bond acceptors (Lipinski definition) is 4. The van der Waals surface area contributed by atoms with Crippen LogP contribution in [0.1, 0.15) is 11.1 Å². The molecule has 4 heteroatoms. The lowest BCUT2D eigenvalue weighted by molar-refractivity contribution is 1.29. The molecule has 2 aromatic carbocycles. The SMILES string of the molecule is N#Cc1ccc(-c2ccc(-c3ccc(-c4ccc(C#N)cc4)nc3)cn2)cc1. The van der Waals surface area contributed by atoms with Gasteiger partial charge in [0.1, 0.15) is 0 Å². The van der Waals surface area contributed by atoms with E-state index in [1.165, 1.54) is 0 Å². The number of rotatable bonds is 3. The van der Waals surface area contributed by atoms with Gasteiger partial charge in [-0.25, -0.2) is 0 Å². The van der Waals surface area contributed by atoms with Gasteiger partial charge in [0.15, 0.2) is 0 Å². The van der Waals surface area contributed by atoms with Gasteiger partial charge in [-0.15, -0.1) is 0 Å². The van der Waals surface area contributed by atoms with Gasteiger partial charge >= 0.3 is 0 Å². The van der Waals surface area contributed by atoms with Gasteiger partial charge in [0.05, 0.1) is 34.7 Å². The van der Waals surface area contributed by atoms with Crippen LogP contribution in [0, 0.1) is 22.7 Å². The summed E-state index contributed by atoms with van der Waals surface area (Å²) in [6, 6.07) is 26.9. The lowest BCUT2D eigenvalue weighted by atomic mass is 10.0. The molecule has 4 rings (SSSR count). The molecular weight excluding hydrogens is 344 g/mol. The van der Waals surface area contributed by atoms with Crippen molar-refractivity contribution in [1.29, 1.82) is 10.5 Å². The van der Waals surface area contributed by atoms with E-state index < -0.39 is 0 Å². The third-order valence-electron chi connectivity index (χ3n) is 4.48. The van der Waals surface area contributed by atoms with Crippen molar-refractivity contribution < 1.29 is 0 Å². The molecule has 0 aliphatic heterocycles. The van der Waals surface area contributed by atoms with Crippen LogP contribution in [0.4, 0.5) is 0 Å². The Kier molecular flexibility index (Phi) is 4.61. The first-order valence-corrected chi connectivity index (χ1v) is 8.70. The Morgan fingerprint density at radius 3 is 1.11 bits per heavy atom. The summed E-state index contributed by atoms with van der Waals surface area (Å²) in [7, 11) is 0. The van der Waals surface area contributed by atoms with E-state index in [1.807, 2.05) is 60.9 Å². The highest BCUT2D eigenvalue weighted by Gasteiger charge is 2.04. The fraction of sp³-hybridized carbons (Fsp3) is 0. The first kappa shape index (κ1) is 17.1. The normalized spacial score (nSPS) is 10.1. The third-order valence-corrected chi connectivity index (χ3v) is 4.48. The topological polar surface area (TPSA) is 73.4 Å². The Labute approximate surface area is 163 Å². The van der Waals surface area contributed by atoms with Gasteiger partial charge in [-0.05, 0) is 36.4 Å². The molecule has 0 spiro atoms. The predicted molar refractivity (Wildman–Crippen MR) is 108 cm³/mol. The van der Waals surface area contributed by atoms with Crippen molar-refractivity contribution in [3.8, 4) is 45.8 Å². The molecule has 0 aliphatic carbocycles. The van der Waals surface area contributed by atoms with Gasteiger partial charge in [-0.2, -0.15) is 10.5 Å². The molecule has 0 radical (unpaired) electrons. The summed E-state index contributed by atoms with van der Waals surface area (Å²) >= 11 is 0. The van der Waals surface area contributed by atoms with E-state index >= 15 is 0 Å². The monoisotopic (exact) mass is 358 g/mol. The van der Waals surface area contributed by atoms with Crippen LogP contribution >= 0.6 is 0 Å². The van der Waals surface area contributed by atoms with Crippen molar-refractivity contribution >= 4 is 0 Å². The molecule has 2 heterocycles. The second kappa shape index (κ2) is 7.53. The smallest absolute Gasteiger partial charge is 0.0991 e. The first-order chi connectivity index (χ1) is 13.8. The minimum atomic E-state index is 0.633. The van der Waals surface area contributed by atoms with Gasteiger partial charge in [0.2, 0.25) is 0 Å². The number of pyridine rings is 2. The largest absolute Gasteiger partial charge is 0.256 e. The van der Waals surface area contributed by atoms with E-state index in [4.69, 9.17) is 10.5 Å². The molecule has 4 aromatic rings. The summed E-state index contributed by atoms with van der Waals surface area (Å²) in [5.41, 5.74) is 6.89. The van der Waals surface area contributed by atoms with E-state index in [2.05, 4.69) is 22.1 Å². The molecule has 0 unspecified atom stereocenters. The van der Waals surface area contributed by atoms with Crippen LogP contribution < -0.4 is 0 Å². The van der Waals surface area contributed by atoms with Gasteiger partial charge in [0, 0.05) is 34.6 Å². The predicted octanol–water partition coefficient (Wildman–Crippen LogP) is 5.22. The lowest BCUT2D eigenvalue weighted by Crippen LogP contribution is -1.88. The molecule has 0 N–H and O–H groups in total. The van der Waals surface area contributed by atoms with Crippen molar-refractivity contribution in [3.05, 3.63) is 96.3 Å². The molecule has 4 nitrogen and oxygen atoms in total. The van der Waals surface area contributed by atoms with Crippen LogP contribution in [0.15, 0.2) is 85.2 Å². The molecule has 28 heavy (non-hydrogen) atoms. The highest BCUT2D eigenvalue weighted by atomic mass is 14.7. The Bertz CT molecular complexity index is 1080. The second-order valence-electron chi connectivity index (χ2n) is 6.24. The fourth-order valence-electron chi connectivity index (χ4n) is 2.90. The highest BCUT2D eigenvalue weighted by molar-refractivity contribution is 5.69. The molecule has 2 aromatic heterocycles. The molecular formula is C24H14N4. The minimum absolute atomic E-state index is 0.633. The Balaban J connectivity index is 1.55. The summed E-state index contributed by atoms with van der Waals surface area (Å²) in [5.74, 6) is 0. The Morgan fingerprint density at radius 1 is 0.464 bits per heavy atom. The zero-order valence-electron chi connectivity index (χ0n) is 14.9. The van der Waals surface area contributed by atoms with Crippen molar-refractivity contribution in [1.82, 2.24) is 9.97 Å². The fourth-order valence-corrected chi connectivity index (χ4v) is 2.90. The number of nitriles is 2. The molecule has 0 saturated heterocycles. The van der Waals surface area contributed by atoms with Crippen molar-refractivity contribution in [2.45, 2.75) is 0 Å². The van der Waals surface area contributed by atoms with E-state index in [0.717, 1.165) is 33.6 Å². The zero-order valence-corrected chi connectivity index (χ0v) is 14.9. The first-order valence-electron chi connectivity index (χ1n) is 8.70. The maximum Gasteiger partial charge on any atom is 0.0991 e. The number of aromatic nitrogens is 2. The molecule has 0 saturated carbocycles. The molecule has 0 fully saturated rings. The van der Waals surface area contributed by atoms with Crippen molar-refractivity contribution in [2.75, 3.05) is 0 Å². The average Bonchev–Trinajstić information content (AvgIpc) is 2.79. The highest BCUT2D eigenvalue weighted by Crippen LogP contribution is 2.24. The maximum atomic E-state index is 8.89. The van der Waals surface area contributed by atoms with E-state index in [9.17, 15) is 0 Å². The van der Waals surface area contributed by atoms with Gasteiger partial charge in [-0.1, -0.05) is 36.4 Å². The van der Waals surface area contributed by atoms with Crippen molar-refractivity contribution in [2.24, 2.45) is 0 Å². The molecule has 0 bridgehead atoms. The molecule has 0 aliphatic rings. The summed E-state index contributed by atoms with van der Waals surface area (Å²) in [6.45, 7) is 0. The van der Waals surface area contributed by atoms with E-state index in [-0.39, 0.29) is 0 Å². The summed E-state index contributed by atoms with van der Waals surface area (Å²) in [6.07, 6.45) is 3.65. The number of benzene rings is 2. The van der Waals surface area contributed by atoms with Crippen LogP contribution in [0.5, 0.6) is 0 Å². The quantitative estimate of drug-likeness (QED) is 0.503. The lowest BCUT2D eigenvalue weighted by Gasteiger charge is -2.06. The van der Waals surface area contributed by atoms with Crippen LogP contribution in [-0.2, 0) is 0 Å². The van der Waals surface area contributed by atoms with Crippen LogP contribution in [0.2, 0.25) is 0 Å². The molecule has 0 atom stereocenters. The van der Waals surface area contributed by atoms with Gasteiger partial charge in [-0.3, -0.25) is 9.97 Å². The van der Waals surface area contributed by atoms with Crippen molar-refractivity contribution in [3.63, 3.8) is 0 Å². The van der Waals surface area contributed by atoms with E-state index in [1.54, 1.807) is 24.3 Å². The van der Waals surface area contributed by atoms with Crippen LogP contribution in [-0.4, -0.2) is 9.97 Å². The van der Waals surface area contributed by atoms with Crippen LogP contribution in [0.25, 0.3) is 33.6 Å². The minimum Gasteiger partial charge on any atom is -0.256 e.